The molecule has 2 amide bonds. The molecule has 1 N–H and O–H groups in total. The lowest BCUT2D eigenvalue weighted by molar-refractivity contribution is -0.130. The molecular formula is C24H29N3O2. The van der Waals surface area contributed by atoms with Gasteiger partial charge in [0, 0.05) is 37.3 Å². The van der Waals surface area contributed by atoms with E-state index in [-0.39, 0.29) is 17.7 Å². The Balaban J connectivity index is 1.52. The van der Waals surface area contributed by atoms with Crippen LogP contribution in [-0.2, 0) is 16.1 Å². The van der Waals surface area contributed by atoms with Crippen LogP contribution in [0.5, 0.6) is 0 Å². The molecule has 152 valence electrons. The van der Waals surface area contributed by atoms with Crippen LogP contribution >= 0.6 is 0 Å². The van der Waals surface area contributed by atoms with Gasteiger partial charge in [-0.2, -0.15) is 0 Å². The van der Waals surface area contributed by atoms with Crippen molar-refractivity contribution in [1.29, 1.82) is 0 Å². The van der Waals surface area contributed by atoms with Gasteiger partial charge in [-0.1, -0.05) is 48.5 Å². The number of rotatable bonds is 6. The molecule has 1 aliphatic rings. The Morgan fingerprint density at radius 1 is 1.03 bits per heavy atom. The minimum Gasteiger partial charge on any atom is -0.339 e. The second-order valence-electron chi connectivity index (χ2n) is 7.73. The van der Waals surface area contributed by atoms with Crippen LogP contribution in [0.15, 0.2) is 60.7 Å². The van der Waals surface area contributed by atoms with Crippen LogP contribution in [-0.4, -0.2) is 48.8 Å². The summed E-state index contributed by atoms with van der Waals surface area (Å²) in [5.74, 6) is -0.0169. The van der Waals surface area contributed by atoms with E-state index < -0.39 is 0 Å². The number of likely N-dealkylation sites (tertiary alicyclic amines) is 1. The Hall–Kier alpha value is -2.92. The molecule has 2 aromatic rings. The van der Waals surface area contributed by atoms with Crippen LogP contribution < -0.4 is 5.32 Å². The highest BCUT2D eigenvalue weighted by Gasteiger charge is 2.27. The molecule has 0 bridgehead atoms. The van der Waals surface area contributed by atoms with Crippen molar-refractivity contribution in [3.05, 3.63) is 71.8 Å². The van der Waals surface area contributed by atoms with Crippen LogP contribution in [0.1, 0.15) is 24.0 Å². The van der Waals surface area contributed by atoms with Gasteiger partial charge in [-0.25, -0.2) is 0 Å². The number of hydrogen-bond acceptors (Lipinski definition) is 3. The molecule has 0 saturated carbocycles. The third kappa shape index (κ3) is 6.03. The third-order valence-corrected chi connectivity index (χ3v) is 5.16. The molecule has 1 saturated heterocycles. The molecule has 1 aliphatic heterocycles. The molecule has 3 rings (SSSR count). The summed E-state index contributed by atoms with van der Waals surface area (Å²) in [4.78, 5) is 29.1. The summed E-state index contributed by atoms with van der Waals surface area (Å²) < 4.78 is 0. The zero-order chi connectivity index (χ0) is 20.6. The lowest BCUT2D eigenvalue weighted by Gasteiger charge is -2.30. The Bertz CT molecular complexity index is 853. The number of carbonyl (C=O) groups excluding carboxylic acids is 2. The fourth-order valence-electron chi connectivity index (χ4n) is 3.55. The van der Waals surface area contributed by atoms with Gasteiger partial charge in [0.15, 0.2) is 0 Å². The van der Waals surface area contributed by atoms with Crippen molar-refractivity contribution in [3.63, 3.8) is 0 Å². The van der Waals surface area contributed by atoms with Crippen molar-refractivity contribution >= 4 is 23.6 Å². The van der Waals surface area contributed by atoms with Gasteiger partial charge in [0.25, 0.3) is 0 Å². The van der Waals surface area contributed by atoms with Crippen molar-refractivity contribution < 1.29 is 9.59 Å². The second kappa shape index (κ2) is 10.0. The number of hydrogen-bond donors (Lipinski definition) is 1. The Morgan fingerprint density at radius 3 is 2.38 bits per heavy atom. The lowest BCUT2D eigenvalue weighted by Crippen LogP contribution is -2.40. The average Bonchev–Trinajstić information content (AvgIpc) is 2.74. The highest BCUT2D eigenvalue weighted by Crippen LogP contribution is 2.22. The zero-order valence-electron chi connectivity index (χ0n) is 17.2. The minimum absolute atomic E-state index is 0.00374. The van der Waals surface area contributed by atoms with E-state index in [0.717, 1.165) is 23.4 Å². The molecule has 0 unspecified atom stereocenters. The quantitative estimate of drug-likeness (QED) is 0.765. The number of piperidine rings is 1. The predicted molar refractivity (Wildman–Crippen MR) is 117 cm³/mol. The first-order chi connectivity index (χ1) is 14.0. The van der Waals surface area contributed by atoms with Crippen molar-refractivity contribution in [3.8, 4) is 0 Å². The van der Waals surface area contributed by atoms with E-state index in [0.29, 0.717) is 25.9 Å². The second-order valence-corrected chi connectivity index (χ2v) is 7.73. The van der Waals surface area contributed by atoms with Gasteiger partial charge in [0.2, 0.25) is 11.8 Å². The molecular weight excluding hydrogens is 362 g/mol. The summed E-state index contributed by atoms with van der Waals surface area (Å²) in [7, 11) is 4.02. The lowest BCUT2D eigenvalue weighted by atomic mass is 9.95. The van der Waals surface area contributed by atoms with Gasteiger partial charge in [0.05, 0.1) is 0 Å². The van der Waals surface area contributed by atoms with E-state index in [4.69, 9.17) is 0 Å². The molecule has 29 heavy (non-hydrogen) atoms. The van der Waals surface area contributed by atoms with Gasteiger partial charge in [-0.3, -0.25) is 9.59 Å². The molecule has 0 radical (unpaired) electrons. The first-order valence-corrected chi connectivity index (χ1v) is 10.1. The summed E-state index contributed by atoms with van der Waals surface area (Å²) in [5.41, 5.74) is 2.98. The molecule has 2 aromatic carbocycles. The zero-order valence-corrected chi connectivity index (χ0v) is 17.2. The molecule has 1 heterocycles. The van der Waals surface area contributed by atoms with Crippen molar-refractivity contribution in [2.24, 2.45) is 5.92 Å². The molecule has 0 spiro atoms. The van der Waals surface area contributed by atoms with Crippen LogP contribution in [0.2, 0.25) is 0 Å². The van der Waals surface area contributed by atoms with E-state index in [9.17, 15) is 9.59 Å². The fraction of sp³-hybridized carbons (Fsp3) is 0.333. The molecule has 1 fully saturated rings. The van der Waals surface area contributed by atoms with Crippen molar-refractivity contribution in [2.45, 2.75) is 19.4 Å². The molecule has 5 nitrogen and oxygen atoms in total. The van der Waals surface area contributed by atoms with Crippen LogP contribution in [0.25, 0.3) is 6.08 Å². The Labute approximate surface area is 173 Å². The maximum Gasteiger partial charge on any atom is 0.246 e. The summed E-state index contributed by atoms with van der Waals surface area (Å²) in [5, 5.41) is 3.09. The average molecular weight is 392 g/mol. The van der Waals surface area contributed by atoms with Gasteiger partial charge in [-0.05, 0) is 50.2 Å². The van der Waals surface area contributed by atoms with Gasteiger partial charge in [-0.15, -0.1) is 0 Å². The fourth-order valence-corrected chi connectivity index (χ4v) is 3.55. The molecule has 0 aromatic heterocycles. The smallest absolute Gasteiger partial charge is 0.246 e. The number of anilines is 1. The van der Waals surface area contributed by atoms with Crippen molar-refractivity contribution in [2.75, 3.05) is 32.5 Å². The first kappa shape index (κ1) is 20.8. The van der Waals surface area contributed by atoms with Gasteiger partial charge < -0.3 is 15.1 Å². The largest absolute Gasteiger partial charge is 0.339 e. The monoisotopic (exact) mass is 391 g/mol. The number of amides is 2. The first-order valence-electron chi connectivity index (χ1n) is 10.1. The highest BCUT2D eigenvalue weighted by atomic mass is 16.2. The third-order valence-electron chi connectivity index (χ3n) is 5.16. The molecule has 0 aliphatic carbocycles. The van der Waals surface area contributed by atoms with Crippen LogP contribution in [0.4, 0.5) is 5.69 Å². The summed E-state index contributed by atoms with van der Waals surface area (Å²) in [6.07, 6.45) is 4.83. The Kier molecular flexibility index (Phi) is 7.19. The number of nitrogens with one attached hydrogen (secondary N) is 1. The van der Waals surface area contributed by atoms with E-state index in [1.165, 1.54) is 0 Å². The number of carbonyl (C=O) groups is 2. The summed E-state index contributed by atoms with van der Waals surface area (Å²) in [6.45, 7) is 1.99. The number of nitrogens with zero attached hydrogens (tertiary/aromatic N) is 2. The summed E-state index contributed by atoms with van der Waals surface area (Å²) in [6, 6.07) is 17.7. The van der Waals surface area contributed by atoms with E-state index in [1.54, 1.807) is 6.08 Å². The molecule has 0 atom stereocenters. The standard InChI is InChI=1S/C24H29N3O2/c1-26(2)18-21-10-6-7-11-22(21)25-24(29)20-14-16-27(17-15-20)23(28)13-12-19-8-4-3-5-9-19/h3-13,20H,14-18H2,1-2H3,(H,25,29)/b13-12+. The predicted octanol–water partition coefficient (Wildman–Crippen LogP) is 3.64. The van der Waals surface area contributed by atoms with Crippen LogP contribution in [0, 0.1) is 5.92 Å². The van der Waals surface area contributed by atoms with Gasteiger partial charge in [0.1, 0.15) is 0 Å². The maximum absolute atomic E-state index is 12.8. The number of para-hydroxylation sites is 1. The normalized spacial score (nSPS) is 15.1. The maximum atomic E-state index is 12.8. The highest BCUT2D eigenvalue weighted by molar-refractivity contribution is 5.94. The molecule has 5 heteroatoms. The van der Waals surface area contributed by atoms with Crippen molar-refractivity contribution in [1.82, 2.24) is 9.80 Å². The number of benzene rings is 2. The van der Waals surface area contributed by atoms with E-state index in [2.05, 4.69) is 10.2 Å². The van der Waals surface area contributed by atoms with E-state index in [1.807, 2.05) is 79.7 Å². The topological polar surface area (TPSA) is 52.7 Å². The minimum atomic E-state index is -0.0652. The van der Waals surface area contributed by atoms with Crippen LogP contribution in [0.3, 0.4) is 0 Å². The van der Waals surface area contributed by atoms with Gasteiger partial charge >= 0.3 is 0 Å². The Morgan fingerprint density at radius 2 is 1.69 bits per heavy atom. The van der Waals surface area contributed by atoms with E-state index >= 15 is 0 Å². The summed E-state index contributed by atoms with van der Waals surface area (Å²) >= 11 is 0. The SMILES string of the molecule is CN(C)Cc1ccccc1NC(=O)C1CCN(C(=O)/C=C/c2ccccc2)CC1.